The molecule has 1 aromatic heterocycles. The predicted octanol–water partition coefficient (Wildman–Crippen LogP) is 4.90. The second-order valence-electron chi connectivity index (χ2n) is 10.7. The Balaban J connectivity index is 1.24. The zero-order chi connectivity index (χ0) is 25.8. The van der Waals surface area contributed by atoms with Crippen molar-refractivity contribution in [1.82, 2.24) is 9.88 Å². The zero-order valence-electron chi connectivity index (χ0n) is 21.4. The summed E-state index contributed by atoms with van der Waals surface area (Å²) >= 11 is 0. The van der Waals surface area contributed by atoms with Crippen LogP contribution in [0.2, 0.25) is 0 Å². The van der Waals surface area contributed by atoms with Crippen molar-refractivity contribution in [2.45, 2.75) is 44.7 Å². The van der Waals surface area contributed by atoms with Gasteiger partial charge in [-0.25, -0.2) is 4.98 Å². The molecule has 6 heteroatoms. The molecule has 1 spiro atoms. The van der Waals surface area contributed by atoms with Crippen molar-refractivity contribution in [3.8, 4) is 0 Å². The summed E-state index contributed by atoms with van der Waals surface area (Å²) in [7, 11) is 0. The molecule has 6 rings (SSSR count). The molecule has 0 fully saturated rings. The Morgan fingerprint density at radius 2 is 1.81 bits per heavy atom. The maximum Gasteiger partial charge on any atom is 0.270 e. The number of hydrogen-bond donors (Lipinski definition) is 1. The summed E-state index contributed by atoms with van der Waals surface area (Å²) in [4.78, 5) is 37.4. The highest BCUT2D eigenvalue weighted by Crippen LogP contribution is 2.46. The van der Waals surface area contributed by atoms with Crippen LogP contribution in [0.5, 0.6) is 0 Å². The van der Waals surface area contributed by atoms with Crippen LogP contribution in [-0.2, 0) is 33.5 Å². The molecule has 2 amide bonds. The minimum Gasteiger partial charge on any atom is -0.310 e. The van der Waals surface area contributed by atoms with Crippen LogP contribution in [0.15, 0.2) is 77.9 Å². The fourth-order valence-corrected chi connectivity index (χ4v) is 5.97. The number of benzene rings is 2. The van der Waals surface area contributed by atoms with E-state index in [0.29, 0.717) is 30.9 Å². The Morgan fingerprint density at radius 3 is 2.59 bits per heavy atom. The fraction of sp³-hybridized carbons (Fsp3) is 0.290. The summed E-state index contributed by atoms with van der Waals surface area (Å²) in [5.41, 5.74) is 4.74. The van der Waals surface area contributed by atoms with Gasteiger partial charge in [0, 0.05) is 24.2 Å². The van der Waals surface area contributed by atoms with Gasteiger partial charge in [0.25, 0.3) is 5.91 Å². The molecule has 2 aliphatic heterocycles. The third kappa shape index (κ3) is 3.62. The molecule has 3 heterocycles. The molecular weight excluding hydrogens is 460 g/mol. The topological polar surface area (TPSA) is 74.7 Å². The van der Waals surface area contributed by atoms with Crippen molar-refractivity contribution >= 4 is 29.4 Å². The van der Waals surface area contributed by atoms with Gasteiger partial charge in [0.05, 0.1) is 5.41 Å². The number of rotatable bonds is 5. The number of nitrogens with zero attached hydrogens (tertiary/aromatic N) is 3. The van der Waals surface area contributed by atoms with Crippen molar-refractivity contribution < 1.29 is 9.59 Å². The highest BCUT2D eigenvalue weighted by molar-refractivity contribution is 6.41. The monoisotopic (exact) mass is 490 g/mol. The molecule has 186 valence electrons. The summed E-state index contributed by atoms with van der Waals surface area (Å²) < 4.78 is 0. The summed E-state index contributed by atoms with van der Waals surface area (Å²) in [5.74, 6) is 0.756. The lowest BCUT2D eigenvalue weighted by Crippen LogP contribution is -2.43. The number of anilines is 1. The number of carbonyl (C=O) groups is 2. The molecule has 37 heavy (non-hydrogen) atoms. The molecule has 2 atom stereocenters. The van der Waals surface area contributed by atoms with E-state index in [0.717, 1.165) is 16.7 Å². The van der Waals surface area contributed by atoms with Crippen molar-refractivity contribution in [2.75, 3.05) is 11.9 Å². The summed E-state index contributed by atoms with van der Waals surface area (Å²) in [6.07, 6.45) is 7.15. The van der Waals surface area contributed by atoms with E-state index in [2.05, 4.69) is 34.6 Å². The maximum atomic E-state index is 13.3. The van der Waals surface area contributed by atoms with Crippen molar-refractivity contribution in [1.29, 1.82) is 0 Å². The number of aliphatic imine (C=N–C) groups is 1. The highest BCUT2D eigenvalue weighted by atomic mass is 16.2. The van der Waals surface area contributed by atoms with E-state index in [1.807, 2.05) is 74.2 Å². The lowest BCUT2D eigenvalue weighted by Gasteiger charge is -2.32. The van der Waals surface area contributed by atoms with Gasteiger partial charge >= 0.3 is 0 Å². The SMILES string of the molecule is CC(C)C1=N[C@@](C)(c2ccccc2)N(C/C=C/c2ccc3c(c2)CC2(C3)C(=O)Nc3ncccc32)C1=O. The minimum atomic E-state index is -0.732. The first kappa shape index (κ1) is 23.3. The van der Waals surface area contributed by atoms with E-state index in [-0.39, 0.29) is 17.7 Å². The predicted molar refractivity (Wildman–Crippen MR) is 145 cm³/mol. The standard InChI is InChI=1S/C31H30N4O2/c1-20(2)26-28(36)35(30(3,34-26)24-10-5-4-6-11-24)16-8-9-21-13-14-22-18-31(19-23(22)17-21)25-12-7-15-32-27(25)33-29(31)37/h4-15,17,20H,16,18-19H2,1-3H3,(H,32,33,37)/b9-8+/t30-,31?/m1/s1. The molecule has 0 saturated carbocycles. The smallest absolute Gasteiger partial charge is 0.270 e. The molecule has 1 unspecified atom stereocenters. The van der Waals surface area contributed by atoms with Gasteiger partial charge in [0.15, 0.2) is 5.66 Å². The van der Waals surface area contributed by atoms with E-state index in [1.54, 1.807) is 6.20 Å². The molecule has 6 nitrogen and oxygen atoms in total. The summed E-state index contributed by atoms with van der Waals surface area (Å²) in [6, 6.07) is 20.3. The minimum absolute atomic E-state index is 0.0126. The first-order valence-electron chi connectivity index (χ1n) is 12.8. The molecular formula is C31H30N4O2. The van der Waals surface area contributed by atoms with Gasteiger partial charge in [-0.15, -0.1) is 0 Å². The van der Waals surface area contributed by atoms with Gasteiger partial charge in [-0.2, -0.15) is 0 Å². The number of fused-ring (bicyclic) bond motifs is 3. The van der Waals surface area contributed by atoms with Crippen molar-refractivity contribution in [3.63, 3.8) is 0 Å². The van der Waals surface area contributed by atoms with E-state index in [9.17, 15) is 9.59 Å². The van der Waals surface area contributed by atoms with E-state index >= 15 is 0 Å². The van der Waals surface area contributed by atoms with Gasteiger partial charge in [-0.3, -0.25) is 14.6 Å². The van der Waals surface area contributed by atoms with Gasteiger partial charge in [-0.1, -0.05) is 80.6 Å². The molecule has 3 aliphatic rings. The molecule has 0 radical (unpaired) electrons. The van der Waals surface area contributed by atoms with Crippen LogP contribution in [0.3, 0.4) is 0 Å². The third-order valence-corrected chi connectivity index (χ3v) is 8.00. The lowest BCUT2D eigenvalue weighted by molar-refractivity contribution is -0.127. The summed E-state index contributed by atoms with van der Waals surface area (Å²) in [6.45, 7) is 6.49. The molecule has 1 N–H and O–H groups in total. The van der Waals surface area contributed by atoms with Crippen LogP contribution < -0.4 is 5.32 Å². The second-order valence-corrected chi connectivity index (χ2v) is 10.7. The maximum absolute atomic E-state index is 13.3. The number of carbonyl (C=O) groups excluding carboxylic acids is 2. The molecule has 3 aromatic rings. The Kier molecular flexibility index (Phi) is 5.37. The first-order valence-corrected chi connectivity index (χ1v) is 12.8. The van der Waals surface area contributed by atoms with E-state index < -0.39 is 11.1 Å². The zero-order valence-corrected chi connectivity index (χ0v) is 21.4. The van der Waals surface area contributed by atoms with Gasteiger partial charge in [0.2, 0.25) is 5.91 Å². The number of aromatic nitrogens is 1. The Labute approximate surface area is 217 Å². The molecule has 0 bridgehead atoms. The largest absolute Gasteiger partial charge is 0.310 e. The van der Waals surface area contributed by atoms with Gasteiger partial charge < -0.3 is 10.2 Å². The first-order chi connectivity index (χ1) is 17.8. The quantitative estimate of drug-likeness (QED) is 0.553. The fourth-order valence-electron chi connectivity index (χ4n) is 5.97. The molecule has 0 saturated heterocycles. The van der Waals surface area contributed by atoms with Crippen LogP contribution in [0.25, 0.3) is 6.08 Å². The average molecular weight is 491 g/mol. The third-order valence-electron chi connectivity index (χ3n) is 8.00. The number of amides is 2. The summed E-state index contributed by atoms with van der Waals surface area (Å²) in [5, 5.41) is 2.97. The van der Waals surface area contributed by atoms with Crippen LogP contribution in [0, 0.1) is 5.92 Å². The highest BCUT2D eigenvalue weighted by Gasteiger charge is 2.51. The number of nitrogens with one attached hydrogen (secondary N) is 1. The van der Waals surface area contributed by atoms with Crippen molar-refractivity contribution in [3.05, 3.63) is 101 Å². The lowest BCUT2D eigenvalue weighted by atomic mass is 9.79. The van der Waals surface area contributed by atoms with E-state index in [4.69, 9.17) is 4.99 Å². The number of hydrogen-bond acceptors (Lipinski definition) is 4. The Hall–Kier alpha value is -4.06. The van der Waals surface area contributed by atoms with Crippen LogP contribution in [0.1, 0.15) is 48.6 Å². The molecule has 1 aliphatic carbocycles. The second kappa shape index (κ2) is 8.51. The average Bonchev–Trinajstić information content (AvgIpc) is 3.50. The van der Waals surface area contributed by atoms with Crippen LogP contribution >= 0.6 is 0 Å². The normalized spacial score (nSPS) is 24.2. The Morgan fingerprint density at radius 1 is 1.03 bits per heavy atom. The van der Waals surface area contributed by atoms with Gasteiger partial charge in [0.1, 0.15) is 11.5 Å². The van der Waals surface area contributed by atoms with Crippen molar-refractivity contribution in [2.24, 2.45) is 10.9 Å². The van der Waals surface area contributed by atoms with Crippen LogP contribution in [0.4, 0.5) is 5.82 Å². The number of pyridine rings is 1. The Bertz CT molecular complexity index is 1480. The van der Waals surface area contributed by atoms with E-state index in [1.165, 1.54) is 11.1 Å². The molecule has 2 aromatic carbocycles. The van der Waals surface area contributed by atoms with Crippen LogP contribution in [-0.4, -0.2) is 34.0 Å². The van der Waals surface area contributed by atoms with Gasteiger partial charge in [-0.05, 0) is 48.1 Å².